The third-order valence-electron chi connectivity index (χ3n) is 4.21. The Bertz CT molecular complexity index is 814. The van der Waals surface area contributed by atoms with Crippen LogP contribution in [0, 0.1) is 0 Å². The van der Waals surface area contributed by atoms with Gasteiger partial charge in [0, 0.05) is 12.0 Å². The third-order valence-corrected chi connectivity index (χ3v) is 5.42. The largest absolute Gasteiger partial charge is 0.490 e. The number of para-hydroxylation sites is 1. The molecule has 6 nitrogen and oxygen atoms in total. The average Bonchev–Trinajstić information content (AvgIpc) is 3.22. The molecule has 2 aromatic rings. The summed E-state index contributed by atoms with van der Waals surface area (Å²) in [6.45, 7) is 0.779. The van der Waals surface area contributed by atoms with Gasteiger partial charge in [-0.05, 0) is 37.0 Å². The van der Waals surface area contributed by atoms with Crippen LogP contribution < -0.4 is 10.1 Å². The molecule has 1 amide bonds. The van der Waals surface area contributed by atoms with Crippen molar-refractivity contribution in [3.63, 3.8) is 0 Å². The first-order valence-electron chi connectivity index (χ1n) is 8.40. The molecule has 0 bridgehead atoms. The van der Waals surface area contributed by atoms with E-state index in [9.17, 15) is 9.59 Å². The molecule has 3 rings (SSSR count). The molecule has 0 spiro atoms. The number of hydrogen-bond acceptors (Lipinski definition) is 6. The molecule has 0 saturated heterocycles. The number of fused-ring (bicyclic) bond motifs is 1. The number of carbonyl (C=O) groups excluding carboxylic acids is 2. The number of methoxy groups -OCH3 is 2. The Morgan fingerprint density at radius 3 is 2.73 bits per heavy atom. The van der Waals surface area contributed by atoms with Crippen LogP contribution in [0.1, 0.15) is 37.6 Å². The number of nitrogens with one attached hydrogen (secondary N) is 1. The van der Waals surface area contributed by atoms with Crippen molar-refractivity contribution < 1.29 is 23.8 Å². The number of anilines is 1. The molecule has 1 aromatic heterocycles. The number of benzene rings is 1. The summed E-state index contributed by atoms with van der Waals surface area (Å²) in [5.41, 5.74) is 1.89. The minimum absolute atomic E-state index is 0.317. The van der Waals surface area contributed by atoms with Crippen molar-refractivity contribution in [1.29, 1.82) is 0 Å². The molecular formula is C19H21NO5S. The van der Waals surface area contributed by atoms with E-state index in [1.54, 1.807) is 31.4 Å². The zero-order chi connectivity index (χ0) is 18.5. The van der Waals surface area contributed by atoms with Crippen LogP contribution in [0.25, 0.3) is 0 Å². The van der Waals surface area contributed by atoms with Gasteiger partial charge in [-0.1, -0.05) is 12.1 Å². The Hall–Kier alpha value is -2.38. The van der Waals surface area contributed by atoms with Crippen molar-refractivity contribution in [3.05, 3.63) is 45.8 Å². The maximum absolute atomic E-state index is 12.8. The number of esters is 1. The van der Waals surface area contributed by atoms with Gasteiger partial charge in [0.1, 0.15) is 17.4 Å². The maximum Gasteiger partial charge on any atom is 0.341 e. The molecule has 1 aliphatic rings. The van der Waals surface area contributed by atoms with Crippen LogP contribution in [0.2, 0.25) is 0 Å². The monoisotopic (exact) mass is 375 g/mol. The third kappa shape index (κ3) is 3.73. The average molecular weight is 375 g/mol. The van der Waals surface area contributed by atoms with Gasteiger partial charge >= 0.3 is 5.97 Å². The van der Waals surface area contributed by atoms with E-state index >= 15 is 0 Å². The summed E-state index contributed by atoms with van der Waals surface area (Å²) in [5.74, 6) is -0.252. The smallest absolute Gasteiger partial charge is 0.341 e. The fraction of sp³-hybridized carbons (Fsp3) is 0.368. The van der Waals surface area contributed by atoms with Gasteiger partial charge in [0.15, 0.2) is 0 Å². The molecule has 7 heteroatoms. The highest BCUT2D eigenvalue weighted by molar-refractivity contribution is 7.17. The summed E-state index contributed by atoms with van der Waals surface area (Å²) in [5, 5.41) is 3.41. The summed E-state index contributed by atoms with van der Waals surface area (Å²) in [6.07, 6.45) is 2.79. The van der Waals surface area contributed by atoms with E-state index in [0.29, 0.717) is 35.1 Å². The topological polar surface area (TPSA) is 73.9 Å². The molecule has 0 unspecified atom stereocenters. The van der Waals surface area contributed by atoms with Crippen LogP contribution in [0.4, 0.5) is 5.00 Å². The van der Waals surface area contributed by atoms with Crippen molar-refractivity contribution in [2.45, 2.75) is 19.3 Å². The molecule has 0 saturated carbocycles. The second-order valence-electron chi connectivity index (χ2n) is 5.84. The maximum atomic E-state index is 12.8. The highest BCUT2D eigenvalue weighted by atomic mass is 32.1. The van der Waals surface area contributed by atoms with E-state index in [1.165, 1.54) is 18.4 Å². The first kappa shape index (κ1) is 18.4. The fourth-order valence-corrected chi connectivity index (χ4v) is 4.27. The number of ether oxygens (including phenoxy) is 3. The van der Waals surface area contributed by atoms with Crippen molar-refractivity contribution in [3.8, 4) is 5.75 Å². The predicted octanol–water partition coefficient (Wildman–Crippen LogP) is 3.30. The number of rotatable bonds is 7. The molecule has 1 heterocycles. The van der Waals surface area contributed by atoms with E-state index in [-0.39, 0.29) is 5.91 Å². The van der Waals surface area contributed by atoms with Crippen LogP contribution >= 0.6 is 11.3 Å². The number of thiophene rings is 1. The summed E-state index contributed by atoms with van der Waals surface area (Å²) >= 11 is 1.45. The second kappa shape index (κ2) is 8.33. The molecule has 0 aliphatic heterocycles. The minimum Gasteiger partial charge on any atom is -0.490 e. The van der Waals surface area contributed by atoms with Crippen LogP contribution in [0.5, 0.6) is 5.75 Å². The number of carbonyl (C=O) groups is 2. The van der Waals surface area contributed by atoms with Crippen LogP contribution in [0.3, 0.4) is 0 Å². The normalized spacial score (nSPS) is 12.5. The van der Waals surface area contributed by atoms with Gasteiger partial charge in [0.2, 0.25) is 0 Å². The molecule has 1 aliphatic carbocycles. The lowest BCUT2D eigenvalue weighted by molar-refractivity contribution is 0.0601. The van der Waals surface area contributed by atoms with Gasteiger partial charge in [-0.15, -0.1) is 11.3 Å². The quantitative estimate of drug-likeness (QED) is 0.594. The van der Waals surface area contributed by atoms with Crippen molar-refractivity contribution >= 4 is 28.2 Å². The lowest BCUT2D eigenvalue weighted by Gasteiger charge is -2.11. The van der Waals surface area contributed by atoms with Gasteiger partial charge in [0.05, 0.1) is 24.8 Å². The van der Waals surface area contributed by atoms with Crippen molar-refractivity contribution in [2.75, 3.05) is 32.8 Å². The zero-order valence-electron chi connectivity index (χ0n) is 14.8. The van der Waals surface area contributed by atoms with Crippen LogP contribution in [0.15, 0.2) is 24.3 Å². The van der Waals surface area contributed by atoms with Gasteiger partial charge in [-0.3, -0.25) is 4.79 Å². The van der Waals surface area contributed by atoms with Crippen molar-refractivity contribution in [2.24, 2.45) is 0 Å². The SMILES string of the molecule is COCCOc1ccccc1C(=O)Nc1sc2c(c1C(=O)OC)CCC2. The summed E-state index contributed by atoms with van der Waals surface area (Å²) in [6, 6.07) is 7.00. The molecule has 0 radical (unpaired) electrons. The highest BCUT2D eigenvalue weighted by Gasteiger charge is 2.28. The Morgan fingerprint density at radius 2 is 1.96 bits per heavy atom. The van der Waals surface area contributed by atoms with Gasteiger partial charge in [0.25, 0.3) is 5.91 Å². The second-order valence-corrected chi connectivity index (χ2v) is 6.95. The molecule has 26 heavy (non-hydrogen) atoms. The summed E-state index contributed by atoms with van der Waals surface area (Å²) < 4.78 is 15.5. The zero-order valence-corrected chi connectivity index (χ0v) is 15.6. The van der Waals surface area contributed by atoms with E-state index in [1.807, 2.05) is 0 Å². The Labute approximate surface area is 156 Å². The van der Waals surface area contributed by atoms with Crippen LogP contribution in [-0.4, -0.2) is 39.3 Å². The first-order chi connectivity index (χ1) is 12.7. The standard InChI is InChI=1S/C19H21NO5S/c1-23-10-11-25-14-8-4-3-6-12(14)17(21)20-18-16(19(22)24-2)13-7-5-9-15(13)26-18/h3-4,6,8H,5,7,9-11H2,1-2H3,(H,20,21). The van der Waals surface area contributed by atoms with Gasteiger partial charge in [-0.2, -0.15) is 0 Å². The Morgan fingerprint density at radius 1 is 1.15 bits per heavy atom. The number of amides is 1. The molecular weight excluding hydrogens is 354 g/mol. The van der Waals surface area contributed by atoms with E-state index in [2.05, 4.69) is 5.32 Å². The molecule has 0 atom stereocenters. The summed E-state index contributed by atoms with van der Waals surface area (Å²) in [4.78, 5) is 26.1. The number of hydrogen-bond donors (Lipinski definition) is 1. The molecule has 1 N–H and O–H groups in total. The van der Waals surface area contributed by atoms with E-state index in [0.717, 1.165) is 29.7 Å². The molecule has 1 aromatic carbocycles. The predicted molar refractivity (Wildman–Crippen MR) is 99.4 cm³/mol. The lowest BCUT2D eigenvalue weighted by atomic mass is 10.1. The fourth-order valence-electron chi connectivity index (χ4n) is 3.00. The number of aryl methyl sites for hydroxylation is 1. The highest BCUT2D eigenvalue weighted by Crippen LogP contribution is 2.39. The Kier molecular flexibility index (Phi) is 5.90. The van der Waals surface area contributed by atoms with Gasteiger partial charge < -0.3 is 19.5 Å². The van der Waals surface area contributed by atoms with Crippen molar-refractivity contribution in [1.82, 2.24) is 0 Å². The lowest BCUT2D eigenvalue weighted by Crippen LogP contribution is -2.16. The minimum atomic E-state index is -0.413. The summed E-state index contributed by atoms with van der Waals surface area (Å²) in [7, 11) is 2.94. The molecule has 0 fully saturated rings. The van der Waals surface area contributed by atoms with E-state index in [4.69, 9.17) is 14.2 Å². The first-order valence-corrected chi connectivity index (χ1v) is 9.22. The van der Waals surface area contributed by atoms with Crippen LogP contribution in [-0.2, 0) is 22.3 Å². The van der Waals surface area contributed by atoms with E-state index < -0.39 is 5.97 Å². The Balaban J connectivity index is 1.84. The molecule has 138 valence electrons. The van der Waals surface area contributed by atoms with Gasteiger partial charge in [-0.25, -0.2) is 4.79 Å².